The van der Waals surface area contributed by atoms with Gasteiger partial charge >= 0.3 is 6.18 Å². The highest BCUT2D eigenvalue weighted by atomic mass is 35.5. The van der Waals surface area contributed by atoms with Gasteiger partial charge in [-0.2, -0.15) is 23.0 Å². The Morgan fingerprint density at radius 3 is 2.47 bits per heavy atom. The molecule has 1 amide bonds. The fourth-order valence-electron chi connectivity index (χ4n) is 2.35. The Morgan fingerprint density at radius 2 is 1.80 bits per heavy atom. The van der Waals surface area contributed by atoms with E-state index >= 15 is 0 Å². The van der Waals surface area contributed by atoms with E-state index in [2.05, 4.69) is 5.10 Å². The Kier molecular flexibility index (Phi) is 5.92. The van der Waals surface area contributed by atoms with Gasteiger partial charge in [-0.15, -0.1) is 0 Å². The molecule has 3 rings (SSSR count). The van der Waals surface area contributed by atoms with Crippen LogP contribution in [0.15, 0.2) is 42.5 Å². The van der Waals surface area contributed by atoms with Gasteiger partial charge < -0.3 is 10.1 Å². The molecule has 12 heteroatoms. The molecule has 0 aliphatic rings. The molecule has 0 radical (unpaired) electrons. The van der Waals surface area contributed by atoms with Gasteiger partial charge in [0.25, 0.3) is 5.91 Å². The molecule has 0 spiro atoms. The molecule has 0 unspecified atom stereocenters. The molecule has 0 aliphatic heterocycles. The topological polar surface area (TPSA) is 56.1 Å². The van der Waals surface area contributed by atoms with E-state index in [0.717, 1.165) is 10.7 Å². The number of amides is 1. The van der Waals surface area contributed by atoms with Crippen molar-refractivity contribution in [3.8, 4) is 11.6 Å². The number of hydrogen-bond donors (Lipinski definition) is 1. The van der Waals surface area contributed by atoms with E-state index in [1.165, 1.54) is 18.2 Å². The van der Waals surface area contributed by atoms with Crippen LogP contribution in [-0.4, -0.2) is 22.3 Å². The lowest BCUT2D eigenvalue weighted by molar-refractivity contribution is -0.141. The predicted molar refractivity (Wildman–Crippen MR) is 94.0 cm³/mol. The van der Waals surface area contributed by atoms with Crippen molar-refractivity contribution in [3.63, 3.8) is 0 Å². The van der Waals surface area contributed by atoms with E-state index in [4.69, 9.17) is 16.3 Å². The van der Waals surface area contributed by atoms with Crippen LogP contribution in [0.4, 0.5) is 32.0 Å². The third-order valence-electron chi connectivity index (χ3n) is 3.71. The maximum Gasteiger partial charge on any atom is 0.435 e. The molecule has 0 bridgehead atoms. The maximum absolute atomic E-state index is 13.6. The summed E-state index contributed by atoms with van der Waals surface area (Å²) in [6, 6.07) is 7.75. The molecule has 0 fully saturated rings. The van der Waals surface area contributed by atoms with Gasteiger partial charge in [0, 0.05) is 6.07 Å². The molecular weight excluding hydrogens is 440 g/mol. The van der Waals surface area contributed by atoms with Crippen molar-refractivity contribution in [1.29, 1.82) is 0 Å². The maximum atomic E-state index is 13.6. The molecular formula is C18H10ClF6N3O2. The van der Waals surface area contributed by atoms with Crippen molar-refractivity contribution >= 4 is 23.2 Å². The second-order valence-electron chi connectivity index (χ2n) is 5.79. The number of halogens is 7. The molecule has 5 nitrogen and oxygen atoms in total. The lowest BCUT2D eigenvalue weighted by atomic mass is 10.3. The van der Waals surface area contributed by atoms with Crippen molar-refractivity contribution in [1.82, 2.24) is 9.78 Å². The number of rotatable bonds is 5. The molecule has 1 N–H and O–H groups in total. The van der Waals surface area contributed by atoms with Crippen LogP contribution in [-0.2, 0) is 11.0 Å². The van der Waals surface area contributed by atoms with Gasteiger partial charge in [-0.25, -0.2) is 13.2 Å². The summed E-state index contributed by atoms with van der Waals surface area (Å²) < 4.78 is 84.8. The van der Waals surface area contributed by atoms with E-state index in [0.29, 0.717) is 12.1 Å². The van der Waals surface area contributed by atoms with Crippen molar-refractivity contribution in [2.75, 3.05) is 11.9 Å². The largest absolute Gasteiger partial charge is 0.467 e. The first-order valence-corrected chi connectivity index (χ1v) is 8.44. The van der Waals surface area contributed by atoms with Crippen LogP contribution in [0.1, 0.15) is 5.69 Å². The second kappa shape index (κ2) is 8.27. The number of anilines is 1. The number of hydrogen-bond acceptors (Lipinski definition) is 3. The molecule has 158 valence electrons. The van der Waals surface area contributed by atoms with Gasteiger partial charge in [-0.1, -0.05) is 23.7 Å². The molecule has 0 atom stereocenters. The van der Waals surface area contributed by atoms with Crippen LogP contribution in [0.25, 0.3) is 5.69 Å². The SMILES string of the molecule is O=C(COc1cc(C(F)(F)F)nn1-c1ccccc1Cl)Nc1ccc(F)c(F)c1F. The Hall–Kier alpha value is -3.21. The predicted octanol–water partition coefficient (Wildman–Crippen LogP) is 4.98. The highest BCUT2D eigenvalue weighted by Gasteiger charge is 2.36. The number of alkyl halides is 3. The van der Waals surface area contributed by atoms with Crippen LogP contribution < -0.4 is 10.1 Å². The minimum absolute atomic E-state index is 0.0525. The van der Waals surface area contributed by atoms with Crippen molar-refractivity contribution < 1.29 is 35.9 Å². The van der Waals surface area contributed by atoms with Crippen molar-refractivity contribution in [3.05, 3.63) is 70.6 Å². The number of carbonyl (C=O) groups excluding carboxylic acids is 1. The zero-order chi connectivity index (χ0) is 22.1. The summed E-state index contributed by atoms with van der Waals surface area (Å²) in [5.74, 6) is -6.40. The minimum atomic E-state index is -4.80. The fourth-order valence-corrected chi connectivity index (χ4v) is 2.57. The van der Waals surface area contributed by atoms with E-state index in [1.54, 1.807) is 6.07 Å². The van der Waals surface area contributed by atoms with Crippen LogP contribution in [0.2, 0.25) is 5.02 Å². The Bertz CT molecular complexity index is 1100. The Morgan fingerprint density at radius 1 is 1.10 bits per heavy atom. The lowest BCUT2D eigenvalue weighted by Crippen LogP contribution is -2.22. The van der Waals surface area contributed by atoms with Gasteiger partial charge in [0.2, 0.25) is 5.88 Å². The number of ether oxygens (including phenoxy) is 1. The third-order valence-corrected chi connectivity index (χ3v) is 4.03. The summed E-state index contributed by atoms with van der Waals surface area (Å²) >= 11 is 5.98. The van der Waals surface area contributed by atoms with E-state index < -0.39 is 53.4 Å². The fraction of sp³-hybridized carbons (Fsp3) is 0.111. The molecule has 0 saturated carbocycles. The highest BCUT2D eigenvalue weighted by Crippen LogP contribution is 2.33. The Balaban J connectivity index is 1.82. The smallest absolute Gasteiger partial charge is 0.435 e. The van der Waals surface area contributed by atoms with E-state index in [9.17, 15) is 31.1 Å². The van der Waals surface area contributed by atoms with Gasteiger partial charge in [0.15, 0.2) is 29.8 Å². The molecule has 30 heavy (non-hydrogen) atoms. The molecule has 2 aromatic carbocycles. The second-order valence-corrected chi connectivity index (χ2v) is 6.20. The summed E-state index contributed by atoms with van der Waals surface area (Å²) in [6.45, 7) is -0.883. The van der Waals surface area contributed by atoms with Gasteiger partial charge in [0.1, 0.15) is 0 Å². The highest BCUT2D eigenvalue weighted by molar-refractivity contribution is 6.32. The normalized spacial score (nSPS) is 11.4. The zero-order valence-electron chi connectivity index (χ0n) is 14.6. The first kappa shape index (κ1) is 21.5. The summed E-state index contributed by atoms with van der Waals surface area (Å²) in [7, 11) is 0. The standard InChI is InChI=1S/C18H10ClF6N3O2/c19-9-3-1-2-4-12(9)28-15(7-13(27-28)18(23,24)25)30-8-14(29)26-11-6-5-10(20)16(21)17(11)22/h1-7H,8H2,(H,26,29). The molecule has 0 saturated heterocycles. The summed E-state index contributed by atoms with van der Waals surface area (Å²) in [5, 5.41) is 5.40. The summed E-state index contributed by atoms with van der Waals surface area (Å²) in [4.78, 5) is 12.0. The third kappa shape index (κ3) is 4.51. The number of carbonyl (C=O) groups is 1. The van der Waals surface area contributed by atoms with Crippen molar-refractivity contribution in [2.45, 2.75) is 6.18 Å². The van der Waals surface area contributed by atoms with E-state index in [1.807, 2.05) is 5.32 Å². The van der Waals surface area contributed by atoms with Crippen LogP contribution in [0.3, 0.4) is 0 Å². The number of nitrogens with zero attached hydrogens (tertiary/aromatic N) is 2. The number of para-hydroxylation sites is 1. The molecule has 3 aromatic rings. The molecule has 1 aromatic heterocycles. The monoisotopic (exact) mass is 449 g/mol. The van der Waals surface area contributed by atoms with Gasteiger partial charge in [-0.05, 0) is 24.3 Å². The number of nitrogens with one attached hydrogen (secondary N) is 1. The molecule has 1 heterocycles. The van der Waals surface area contributed by atoms with Crippen LogP contribution in [0, 0.1) is 17.5 Å². The van der Waals surface area contributed by atoms with Crippen LogP contribution in [0.5, 0.6) is 5.88 Å². The average Bonchev–Trinajstić information content (AvgIpc) is 3.12. The van der Waals surface area contributed by atoms with E-state index in [-0.39, 0.29) is 10.7 Å². The number of benzene rings is 2. The Labute approximate surface area is 169 Å². The average molecular weight is 450 g/mol. The van der Waals surface area contributed by atoms with Crippen molar-refractivity contribution in [2.24, 2.45) is 0 Å². The number of aromatic nitrogens is 2. The zero-order valence-corrected chi connectivity index (χ0v) is 15.4. The minimum Gasteiger partial charge on any atom is -0.467 e. The van der Waals surface area contributed by atoms with Gasteiger partial charge in [0.05, 0.1) is 16.4 Å². The summed E-state index contributed by atoms with van der Waals surface area (Å²) in [5.41, 5.74) is -1.92. The lowest BCUT2D eigenvalue weighted by Gasteiger charge is -2.11. The first-order chi connectivity index (χ1) is 14.1. The first-order valence-electron chi connectivity index (χ1n) is 8.06. The van der Waals surface area contributed by atoms with Crippen LogP contribution >= 0.6 is 11.6 Å². The quantitative estimate of drug-likeness (QED) is 0.441. The summed E-state index contributed by atoms with van der Waals surface area (Å²) in [6.07, 6.45) is -4.80. The van der Waals surface area contributed by atoms with Gasteiger partial charge in [-0.3, -0.25) is 4.79 Å². The molecule has 0 aliphatic carbocycles.